The molecule has 1 N–H and O–H groups in total. The van der Waals surface area contributed by atoms with Crippen molar-refractivity contribution in [1.29, 1.82) is 0 Å². The van der Waals surface area contributed by atoms with E-state index in [0.29, 0.717) is 37.6 Å². The van der Waals surface area contributed by atoms with Crippen molar-refractivity contribution in [2.24, 2.45) is 0 Å². The summed E-state index contributed by atoms with van der Waals surface area (Å²) in [6.07, 6.45) is 3.16. The van der Waals surface area contributed by atoms with E-state index >= 15 is 0 Å². The molecular weight excluding hydrogens is 309 g/mol. The van der Waals surface area contributed by atoms with Gasteiger partial charge in [0, 0.05) is 38.9 Å². The van der Waals surface area contributed by atoms with E-state index in [4.69, 9.17) is 0 Å². The molecule has 126 valence electrons. The smallest absolute Gasteiger partial charge is 0.224 e. The van der Waals surface area contributed by atoms with Gasteiger partial charge in [-0.3, -0.25) is 4.79 Å². The second kappa shape index (κ2) is 7.72. The predicted molar refractivity (Wildman–Crippen MR) is 90.5 cm³/mol. The van der Waals surface area contributed by atoms with Crippen molar-refractivity contribution in [3.05, 3.63) is 47.9 Å². The van der Waals surface area contributed by atoms with Gasteiger partial charge in [0.25, 0.3) is 0 Å². The molecule has 24 heavy (non-hydrogen) atoms. The summed E-state index contributed by atoms with van der Waals surface area (Å²) in [5.41, 5.74) is 0.672. The molecular formula is C17H20FN5O. The van der Waals surface area contributed by atoms with Gasteiger partial charge >= 0.3 is 0 Å². The van der Waals surface area contributed by atoms with E-state index in [-0.39, 0.29) is 5.82 Å². The van der Waals surface area contributed by atoms with Crippen LogP contribution in [0.25, 0.3) is 0 Å². The van der Waals surface area contributed by atoms with Crippen molar-refractivity contribution < 1.29 is 9.18 Å². The summed E-state index contributed by atoms with van der Waals surface area (Å²) < 4.78 is 13.6. The Labute approximate surface area is 140 Å². The molecule has 6 nitrogen and oxygen atoms in total. The van der Waals surface area contributed by atoms with Crippen LogP contribution in [0.2, 0.25) is 0 Å². The van der Waals surface area contributed by atoms with E-state index in [1.807, 2.05) is 12.1 Å². The molecule has 2 aromatic rings. The van der Waals surface area contributed by atoms with Gasteiger partial charge in [-0.05, 0) is 24.1 Å². The highest BCUT2D eigenvalue weighted by Crippen LogP contribution is 2.14. The van der Waals surface area contributed by atoms with Gasteiger partial charge in [0.15, 0.2) is 0 Å². The van der Waals surface area contributed by atoms with Crippen LogP contribution in [0.4, 0.5) is 16.2 Å². The molecule has 1 aliphatic rings. The molecule has 1 saturated heterocycles. The van der Waals surface area contributed by atoms with Crippen LogP contribution in [0.3, 0.4) is 0 Å². The van der Waals surface area contributed by atoms with Gasteiger partial charge in [-0.1, -0.05) is 18.2 Å². The molecule has 1 aromatic carbocycles. The Balaban J connectivity index is 1.56. The number of halogens is 1. The van der Waals surface area contributed by atoms with Gasteiger partial charge in [-0.25, -0.2) is 9.37 Å². The average Bonchev–Trinajstić information content (AvgIpc) is 2.64. The lowest BCUT2D eigenvalue weighted by atomic mass is 10.1. The SMILES string of the molecule is O=CN1CCN(c2ccnc(NCCc3ccccc3F)n2)CC1. The fourth-order valence-corrected chi connectivity index (χ4v) is 2.68. The summed E-state index contributed by atoms with van der Waals surface area (Å²) in [4.78, 5) is 23.4. The van der Waals surface area contributed by atoms with Crippen molar-refractivity contribution in [1.82, 2.24) is 14.9 Å². The Morgan fingerprint density at radius 1 is 1.17 bits per heavy atom. The number of anilines is 2. The van der Waals surface area contributed by atoms with Crippen molar-refractivity contribution in [2.45, 2.75) is 6.42 Å². The highest BCUT2D eigenvalue weighted by Gasteiger charge is 2.17. The molecule has 2 heterocycles. The van der Waals surface area contributed by atoms with Gasteiger partial charge < -0.3 is 15.1 Å². The normalized spacial score (nSPS) is 14.5. The number of rotatable bonds is 6. The summed E-state index contributed by atoms with van der Waals surface area (Å²) in [5.74, 6) is 1.17. The fraction of sp³-hybridized carbons (Fsp3) is 0.353. The second-order valence-electron chi connectivity index (χ2n) is 5.64. The first kappa shape index (κ1) is 16.2. The van der Waals surface area contributed by atoms with Gasteiger partial charge in [0.1, 0.15) is 11.6 Å². The van der Waals surface area contributed by atoms with Crippen molar-refractivity contribution >= 4 is 18.2 Å². The zero-order chi connectivity index (χ0) is 16.8. The number of piperazine rings is 1. The molecule has 3 rings (SSSR count). The van der Waals surface area contributed by atoms with Crippen LogP contribution in [-0.4, -0.2) is 54.0 Å². The Bertz CT molecular complexity index is 688. The third-order valence-electron chi connectivity index (χ3n) is 4.06. The van der Waals surface area contributed by atoms with Gasteiger partial charge in [-0.2, -0.15) is 4.98 Å². The van der Waals surface area contributed by atoms with Crippen LogP contribution in [-0.2, 0) is 11.2 Å². The molecule has 0 spiro atoms. The molecule has 0 atom stereocenters. The van der Waals surface area contributed by atoms with Gasteiger partial charge in [0.2, 0.25) is 12.4 Å². The third kappa shape index (κ3) is 3.98. The monoisotopic (exact) mass is 329 g/mol. The number of hydrogen-bond acceptors (Lipinski definition) is 5. The zero-order valence-corrected chi connectivity index (χ0v) is 13.4. The van der Waals surface area contributed by atoms with Gasteiger partial charge in [0.05, 0.1) is 0 Å². The number of benzene rings is 1. The lowest BCUT2D eigenvalue weighted by Crippen LogP contribution is -2.46. The van der Waals surface area contributed by atoms with Crippen LogP contribution < -0.4 is 10.2 Å². The zero-order valence-electron chi connectivity index (χ0n) is 13.4. The Morgan fingerprint density at radius 3 is 2.71 bits per heavy atom. The molecule has 0 unspecified atom stereocenters. The maximum Gasteiger partial charge on any atom is 0.224 e. The van der Waals surface area contributed by atoms with E-state index in [1.54, 1.807) is 23.2 Å². The number of aromatic nitrogens is 2. The van der Waals surface area contributed by atoms with Crippen LogP contribution >= 0.6 is 0 Å². The van der Waals surface area contributed by atoms with Crippen LogP contribution in [0.5, 0.6) is 0 Å². The predicted octanol–water partition coefficient (Wildman–Crippen LogP) is 1.55. The minimum atomic E-state index is -0.193. The molecule has 7 heteroatoms. The minimum absolute atomic E-state index is 0.193. The average molecular weight is 329 g/mol. The van der Waals surface area contributed by atoms with Crippen LogP contribution in [0.15, 0.2) is 36.5 Å². The van der Waals surface area contributed by atoms with Crippen molar-refractivity contribution in [3.8, 4) is 0 Å². The van der Waals surface area contributed by atoms with Crippen LogP contribution in [0, 0.1) is 5.82 Å². The highest BCUT2D eigenvalue weighted by molar-refractivity contribution is 5.49. The molecule has 0 bridgehead atoms. The molecule has 1 aromatic heterocycles. The fourth-order valence-electron chi connectivity index (χ4n) is 2.68. The first-order valence-electron chi connectivity index (χ1n) is 8.01. The van der Waals surface area contributed by atoms with E-state index in [0.717, 1.165) is 25.3 Å². The molecule has 0 radical (unpaired) electrons. The number of amides is 1. The van der Waals surface area contributed by atoms with Gasteiger partial charge in [-0.15, -0.1) is 0 Å². The Kier molecular flexibility index (Phi) is 5.20. The third-order valence-corrected chi connectivity index (χ3v) is 4.06. The lowest BCUT2D eigenvalue weighted by molar-refractivity contribution is -0.118. The quantitative estimate of drug-likeness (QED) is 0.815. The van der Waals surface area contributed by atoms with Crippen molar-refractivity contribution in [3.63, 3.8) is 0 Å². The number of carbonyl (C=O) groups excluding carboxylic acids is 1. The Hall–Kier alpha value is -2.70. The Morgan fingerprint density at radius 2 is 1.96 bits per heavy atom. The summed E-state index contributed by atoms with van der Waals surface area (Å²) in [5, 5.41) is 3.14. The summed E-state index contributed by atoms with van der Waals surface area (Å²) >= 11 is 0. The first-order chi connectivity index (χ1) is 11.8. The van der Waals surface area contributed by atoms with Crippen LogP contribution in [0.1, 0.15) is 5.56 Å². The first-order valence-corrected chi connectivity index (χ1v) is 8.01. The molecule has 1 amide bonds. The van der Waals surface area contributed by atoms with E-state index in [1.165, 1.54) is 6.07 Å². The summed E-state index contributed by atoms with van der Waals surface area (Å²) in [6.45, 7) is 3.46. The standard InChI is InChI=1S/C17H20FN5O/c18-15-4-2-1-3-14(15)5-7-19-17-20-8-6-16(21-17)23-11-9-22(13-24)10-12-23/h1-4,6,8,13H,5,7,9-12H2,(H,19,20,21). The number of carbonyl (C=O) groups is 1. The molecule has 1 fully saturated rings. The molecule has 0 saturated carbocycles. The lowest BCUT2D eigenvalue weighted by Gasteiger charge is -2.33. The molecule has 0 aliphatic carbocycles. The molecule has 1 aliphatic heterocycles. The van der Waals surface area contributed by atoms with Crippen molar-refractivity contribution in [2.75, 3.05) is 42.9 Å². The topological polar surface area (TPSA) is 61.4 Å². The second-order valence-corrected chi connectivity index (χ2v) is 5.64. The highest BCUT2D eigenvalue weighted by atomic mass is 19.1. The maximum atomic E-state index is 13.6. The maximum absolute atomic E-state index is 13.6. The largest absolute Gasteiger partial charge is 0.354 e. The minimum Gasteiger partial charge on any atom is -0.354 e. The van der Waals surface area contributed by atoms with E-state index in [2.05, 4.69) is 20.2 Å². The number of nitrogens with one attached hydrogen (secondary N) is 1. The number of hydrogen-bond donors (Lipinski definition) is 1. The van der Waals surface area contributed by atoms with E-state index < -0.39 is 0 Å². The summed E-state index contributed by atoms with van der Waals surface area (Å²) in [6, 6.07) is 8.61. The number of nitrogens with zero attached hydrogens (tertiary/aromatic N) is 4. The summed E-state index contributed by atoms with van der Waals surface area (Å²) in [7, 11) is 0. The van der Waals surface area contributed by atoms with E-state index in [9.17, 15) is 9.18 Å².